The number of hydrogen-bond acceptors (Lipinski definition) is 6. The van der Waals surface area contributed by atoms with Gasteiger partial charge in [0.2, 0.25) is 10.0 Å². The molecule has 0 aromatic carbocycles. The molecule has 1 fully saturated rings. The first-order valence-electron chi connectivity index (χ1n) is 9.43. The Hall–Kier alpha value is -2.72. The van der Waals surface area contributed by atoms with Crippen LogP contribution in [0.3, 0.4) is 0 Å². The van der Waals surface area contributed by atoms with Gasteiger partial charge >= 0.3 is 5.97 Å². The van der Waals surface area contributed by atoms with Crippen molar-refractivity contribution in [3.63, 3.8) is 0 Å². The first kappa shape index (κ1) is 19.6. The third-order valence-electron chi connectivity index (χ3n) is 5.51. The Morgan fingerprint density at radius 1 is 1.31 bits per heavy atom. The van der Waals surface area contributed by atoms with Crippen LogP contribution in [0.25, 0.3) is 22.2 Å². The number of nitrogens with zero attached hydrogens (tertiary/aromatic N) is 4. The number of fused-ring (bicyclic) bond motifs is 1. The average molecular weight is 417 g/mol. The maximum absolute atomic E-state index is 12.5. The molecule has 0 atom stereocenters. The lowest BCUT2D eigenvalue weighted by molar-refractivity contribution is 0.0527. The van der Waals surface area contributed by atoms with Crippen molar-refractivity contribution in [2.24, 2.45) is 0 Å². The number of aromatic amines is 1. The number of sulfonamides is 1. The highest BCUT2D eigenvalue weighted by Gasteiger charge is 2.47. The van der Waals surface area contributed by atoms with Crippen LogP contribution < -0.4 is 0 Å². The Kier molecular flexibility index (Phi) is 4.70. The summed E-state index contributed by atoms with van der Waals surface area (Å²) in [6.07, 6.45) is 8.80. The van der Waals surface area contributed by atoms with Crippen molar-refractivity contribution in [2.75, 3.05) is 26.0 Å². The number of ether oxygens (including phenoxy) is 1. The lowest BCUT2D eigenvalue weighted by atomic mass is 9.89. The predicted octanol–water partition coefficient (Wildman–Crippen LogP) is 1.98. The number of carbonyl (C=O) groups excluding carboxylic acids is 1. The van der Waals surface area contributed by atoms with Gasteiger partial charge in [0, 0.05) is 48.2 Å². The third kappa shape index (κ3) is 3.22. The Morgan fingerprint density at radius 2 is 2.07 bits per heavy atom. The molecule has 0 aliphatic carbocycles. The molecule has 0 spiro atoms. The van der Waals surface area contributed by atoms with Crippen molar-refractivity contribution in [1.29, 1.82) is 0 Å². The quantitative estimate of drug-likeness (QED) is 0.614. The molecular formula is C19H23N5O4S. The molecule has 29 heavy (non-hydrogen) atoms. The Morgan fingerprint density at radius 3 is 2.72 bits per heavy atom. The normalized spacial score (nSPS) is 16.7. The minimum absolute atomic E-state index is 0.267. The Bertz CT molecular complexity index is 1170. The van der Waals surface area contributed by atoms with E-state index in [-0.39, 0.29) is 6.61 Å². The van der Waals surface area contributed by atoms with Crippen LogP contribution in [0.15, 0.2) is 30.9 Å². The van der Waals surface area contributed by atoms with Crippen molar-refractivity contribution in [2.45, 2.75) is 25.8 Å². The maximum atomic E-state index is 12.5. The van der Waals surface area contributed by atoms with E-state index in [9.17, 15) is 13.2 Å². The van der Waals surface area contributed by atoms with Gasteiger partial charge in [-0.3, -0.25) is 4.68 Å². The van der Waals surface area contributed by atoms with Crippen LogP contribution in [-0.4, -0.2) is 64.4 Å². The molecule has 9 nitrogen and oxygen atoms in total. The van der Waals surface area contributed by atoms with Gasteiger partial charge in [0.05, 0.1) is 30.2 Å². The summed E-state index contributed by atoms with van der Waals surface area (Å²) in [5.41, 5.74) is 2.10. The van der Waals surface area contributed by atoms with Crippen molar-refractivity contribution < 1.29 is 17.9 Å². The van der Waals surface area contributed by atoms with Crippen molar-refractivity contribution in [3.8, 4) is 11.1 Å². The number of esters is 1. The number of aromatic nitrogens is 4. The minimum atomic E-state index is -3.23. The molecule has 0 unspecified atom stereocenters. The fourth-order valence-electron chi connectivity index (χ4n) is 3.77. The zero-order valence-corrected chi connectivity index (χ0v) is 17.4. The number of H-pyrrole nitrogens is 1. The van der Waals surface area contributed by atoms with E-state index >= 15 is 0 Å². The molecule has 0 saturated carbocycles. The van der Waals surface area contributed by atoms with Crippen molar-refractivity contribution >= 4 is 27.0 Å². The van der Waals surface area contributed by atoms with Crippen molar-refractivity contribution in [1.82, 2.24) is 24.1 Å². The van der Waals surface area contributed by atoms with E-state index in [1.165, 1.54) is 16.8 Å². The van der Waals surface area contributed by atoms with E-state index in [0.717, 1.165) is 17.4 Å². The largest absolute Gasteiger partial charge is 0.462 e. The van der Waals surface area contributed by atoms with Crippen LogP contribution >= 0.6 is 0 Å². The van der Waals surface area contributed by atoms with Gasteiger partial charge in [-0.2, -0.15) is 9.40 Å². The number of carbonyl (C=O) groups is 1. The molecule has 0 bridgehead atoms. The zero-order valence-electron chi connectivity index (χ0n) is 16.5. The molecule has 0 radical (unpaired) electrons. The summed E-state index contributed by atoms with van der Waals surface area (Å²) >= 11 is 0. The first-order chi connectivity index (χ1) is 13.8. The fourth-order valence-corrected chi connectivity index (χ4v) is 4.72. The van der Waals surface area contributed by atoms with Gasteiger partial charge in [-0.1, -0.05) is 6.92 Å². The summed E-state index contributed by atoms with van der Waals surface area (Å²) in [7, 11) is -3.23. The second-order valence-electron chi connectivity index (χ2n) is 7.29. The topological polar surface area (TPSA) is 110 Å². The molecule has 4 rings (SSSR count). The van der Waals surface area contributed by atoms with E-state index in [4.69, 9.17) is 4.74 Å². The van der Waals surface area contributed by atoms with Crippen LogP contribution in [0, 0.1) is 0 Å². The lowest BCUT2D eigenvalue weighted by Crippen LogP contribution is -2.63. The summed E-state index contributed by atoms with van der Waals surface area (Å²) in [5.74, 6) is -0.442. The van der Waals surface area contributed by atoms with Gasteiger partial charge in [0.25, 0.3) is 0 Å². The molecular weight excluding hydrogens is 394 g/mol. The highest BCUT2D eigenvalue weighted by molar-refractivity contribution is 7.88. The summed E-state index contributed by atoms with van der Waals surface area (Å²) in [5, 5.41) is 5.32. The van der Waals surface area contributed by atoms with Gasteiger partial charge in [0.15, 0.2) is 0 Å². The molecule has 3 aromatic rings. The van der Waals surface area contributed by atoms with Gasteiger partial charge in [-0.25, -0.2) is 18.2 Å². The minimum Gasteiger partial charge on any atom is -0.462 e. The summed E-state index contributed by atoms with van der Waals surface area (Å²) in [6, 6.07) is 1.86. The molecule has 3 aromatic heterocycles. The smallest absolute Gasteiger partial charge is 0.340 e. The molecule has 10 heteroatoms. The number of rotatable bonds is 6. The second-order valence-corrected chi connectivity index (χ2v) is 9.27. The Labute approximate surface area is 168 Å². The lowest BCUT2D eigenvalue weighted by Gasteiger charge is -2.48. The van der Waals surface area contributed by atoms with Crippen molar-refractivity contribution in [3.05, 3.63) is 36.4 Å². The van der Waals surface area contributed by atoms with E-state index in [0.29, 0.717) is 29.9 Å². The monoisotopic (exact) mass is 417 g/mol. The van der Waals surface area contributed by atoms with Crippen LogP contribution in [-0.2, 0) is 20.3 Å². The molecule has 1 N–H and O–H groups in total. The van der Waals surface area contributed by atoms with E-state index in [2.05, 4.69) is 15.1 Å². The number of pyridine rings is 1. The number of hydrogen-bond donors (Lipinski definition) is 1. The second kappa shape index (κ2) is 6.96. The van der Waals surface area contributed by atoms with Gasteiger partial charge in [-0.15, -0.1) is 0 Å². The van der Waals surface area contributed by atoms with E-state index in [1.54, 1.807) is 19.3 Å². The van der Waals surface area contributed by atoms with E-state index < -0.39 is 21.5 Å². The van der Waals surface area contributed by atoms with Gasteiger partial charge in [-0.05, 0) is 19.4 Å². The Balaban J connectivity index is 1.77. The van der Waals surface area contributed by atoms with Gasteiger partial charge < -0.3 is 9.72 Å². The summed E-state index contributed by atoms with van der Waals surface area (Å²) < 4.78 is 32.1. The summed E-state index contributed by atoms with van der Waals surface area (Å²) in [4.78, 5) is 19.9. The maximum Gasteiger partial charge on any atom is 0.340 e. The highest BCUT2D eigenvalue weighted by atomic mass is 32.2. The van der Waals surface area contributed by atoms with Crippen LogP contribution in [0.2, 0.25) is 0 Å². The molecule has 0 amide bonds. The third-order valence-corrected chi connectivity index (χ3v) is 6.70. The zero-order chi connectivity index (χ0) is 20.8. The van der Waals surface area contributed by atoms with Crippen LogP contribution in [0.1, 0.15) is 30.6 Å². The SMILES string of the molecule is CCOC(=O)c1cnc2[nH]ccc2c1-c1cnn(C2(CC)CN(S(C)(=O)=O)C2)c1. The summed E-state index contributed by atoms with van der Waals surface area (Å²) in [6.45, 7) is 4.80. The molecule has 154 valence electrons. The fraction of sp³-hybridized carbons (Fsp3) is 0.421. The van der Waals surface area contributed by atoms with Gasteiger partial charge in [0.1, 0.15) is 5.65 Å². The molecule has 1 saturated heterocycles. The van der Waals surface area contributed by atoms with Crippen LogP contribution in [0.4, 0.5) is 0 Å². The highest BCUT2D eigenvalue weighted by Crippen LogP contribution is 2.37. The molecule has 1 aliphatic heterocycles. The predicted molar refractivity (Wildman–Crippen MR) is 108 cm³/mol. The average Bonchev–Trinajstić information content (AvgIpc) is 3.29. The van der Waals surface area contributed by atoms with E-state index in [1.807, 2.05) is 23.9 Å². The molecule has 1 aliphatic rings. The standard InChI is InChI=1S/C19H23N5O4S/c1-4-19(11-23(12-19)29(3,26)27)24-10-13(8-22-24)16-14-6-7-20-17(14)21-9-15(16)18(25)28-5-2/h6-10H,4-5,11-12H2,1-3H3,(H,20,21). The van der Waals surface area contributed by atoms with Crippen LogP contribution in [0.5, 0.6) is 0 Å². The number of nitrogens with one attached hydrogen (secondary N) is 1. The first-order valence-corrected chi connectivity index (χ1v) is 11.3. The molecule has 4 heterocycles.